The smallest absolute Gasteiger partial charge is 1.00 e. The number of rotatable bonds is 8. The first-order valence-electron chi connectivity index (χ1n) is 6.39. The average molecular weight is 476 g/mol. The van der Waals surface area contributed by atoms with E-state index in [9.17, 15) is 18.3 Å². The van der Waals surface area contributed by atoms with E-state index in [2.05, 4.69) is 7.57 Å². The summed E-state index contributed by atoms with van der Waals surface area (Å²) in [5.41, 5.74) is 3.74. The zero-order valence-electron chi connectivity index (χ0n) is 13.5. The van der Waals surface area contributed by atoms with E-state index in [1.165, 1.54) is 0 Å². The quantitative estimate of drug-likeness (QED) is 0.337. The van der Waals surface area contributed by atoms with E-state index < -0.39 is 38.6 Å². The third-order valence-electron chi connectivity index (χ3n) is 2.94. The molecule has 0 heterocycles. The van der Waals surface area contributed by atoms with Gasteiger partial charge in [0.2, 0.25) is 0 Å². The van der Waals surface area contributed by atoms with Crippen LogP contribution in [0.2, 0.25) is 0 Å². The first kappa shape index (κ1) is 28.0. The van der Waals surface area contributed by atoms with E-state index in [0.29, 0.717) is 0 Å². The standard InChI is InChI=1S/2C7H10O2P.2ClH.Zr/c2*1-4-6(2)7(3)5-10(8)9;;;/h2*1,4H,5H2,2-3H3;2*1H;/q;;;;+2/p-2. The molecule has 0 aliphatic rings. The molecule has 4 nitrogen and oxygen atoms in total. The van der Waals surface area contributed by atoms with Crippen molar-refractivity contribution in [3.63, 3.8) is 0 Å². The van der Waals surface area contributed by atoms with Crippen LogP contribution in [0.4, 0.5) is 0 Å². The van der Waals surface area contributed by atoms with Crippen LogP contribution in [-0.2, 0) is 41.5 Å². The molecule has 23 heavy (non-hydrogen) atoms. The van der Waals surface area contributed by atoms with Gasteiger partial charge >= 0.3 is 139 Å². The summed E-state index contributed by atoms with van der Waals surface area (Å²) in [6.45, 7) is 7.47. The summed E-state index contributed by atoms with van der Waals surface area (Å²) in [5.74, 6) is 0. The van der Waals surface area contributed by atoms with Crippen LogP contribution >= 0.6 is 15.4 Å². The molecule has 0 aromatic carbocycles. The number of allylic oxidation sites excluding steroid dienone is 6. The van der Waals surface area contributed by atoms with Crippen molar-refractivity contribution in [1.82, 2.24) is 0 Å². The Kier molecular flexibility index (Phi) is 19.2. The van der Waals surface area contributed by atoms with Crippen LogP contribution in [0.15, 0.2) is 42.0 Å². The van der Waals surface area contributed by atoms with E-state index in [0.717, 1.165) is 22.3 Å². The third-order valence-corrected chi connectivity index (χ3v) is 6.17. The van der Waals surface area contributed by atoms with Gasteiger partial charge in [0.25, 0.3) is 0 Å². The van der Waals surface area contributed by atoms with Crippen molar-refractivity contribution in [2.24, 2.45) is 0 Å². The first-order chi connectivity index (χ1) is 9.73. The first-order valence-corrected chi connectivity index (χ1v) is 12.0. The van der Waals surface area contributed by atoms with Gasteiger partial charge in [-0.25, -0.2) is 0 Å². The minimum Gasteiger partial charge on any atom is -1.00 e. The summed E-state index contributed by atoms with van der Waals surface area (Å²) in [4.78, 5) is 0. The second kappa shape index (κ2) is 15.7. The Hall–Kier alpha value is 0.223. The van der Waals surface area contributed by atoms with E-state index >= 15 is 0 Å². The van der Waals surface area contributed by atoms with E-state index in [1.807, 2.05) is 39.8 Å². The van der Waals surface area contributed by atoms with Crippen molar-refractivity contribution in [3.05, 3.63) is 42.0 Å². The van der Waals surface area contributed by atoms with E-state index in [1.54, 1.807) is 0 Å². The van der Waals surface area contributed by atoms with Crippen LogP contribution in [0.1, 0.15) is 27.7 Å². The third kappa shape index (κ3) is 15.5. The van der Waals surface area contributed by atoms with Gasteiger partial charge in [0.05, 0.1) is 0 Å². The molecule has 0 radical (unpaired) electrons. The van der Waals surface area contributed by atoms with E-state index in [-0.39, 0.29) is 37.1 Å². The van der Waals surface area contributed by atoms with Crippen molar-refractivity contribution in [2.75, 3.05) is 12.3 Å². The zero-order valence-corrected chi connectivity index (χ0v) is 19.3. The normalized spacial score (nSPS) is 12.7. The molecule has 0 spiro atoms. The summed E-state index contributed by atoms with van der Waals surface area (Å²) in [6.07, 6.45) is 4.18. The van der Waals surface area contributed by atoms with Crippen LogP contribution in [0.5, 0.6) is 0 Å². The molecule has 0 atom stereocenters. The molecule has 0 aliphatic heterocycles. The molecule has 9 heteroatoms. The van der Waals surface area contributed by atoms with Crippen molar-refractivity contribution in [1.29, 1.82) is 0 Å². The van der Waals surface area contributed by atoms with Gasteiger partial charge in [-0.15, -0.1) is 0 Å². The van der Waals surface area contributed by atoms with Gasteiger partial charge in [-0.1, -0.05) is 0 Å². The molecule has 0 amide bonds. The maximum absolute atomic E-state index is 10.6. The monoisotopic (exact) mass is 474 g/mol. The second-order valence-corrected chi connectivity index (χ2v) is 9.16. The van der Waals surface area contributed by atoms with Crippen molar-refractivity contribution in [2.45, 2.75) is 27.7 Å². The van der Waals surface area contributed by atoms with Crippen LogP contribution in [0, 0.1) is 0 Å². The van der Waals surface area contributed by atoms with Crippen LogP contribution in [0.3, 0.4) is 0 Å². The summed E-state index contributed by atoms with van der Waals surface area (Å²) in [5, 5.41) is 0. The van der Waals surface area contributed by atoms with Crippen LogP contribution < -0.4 is 24.8 Å². The van der Waals surface area contributed by atoms with Gasteiger partial charge < -0.3 is 24.8 Å². The molecular weight excluding hydrogens is 456 g/mol. The summed E-state index contributed by atoms with van der Waals surface area (Å²) in [7, 11) is -4.73. The van der Waals surface area contributed by atoms with Gasteiger partial charge in [-0.2, -0.15) is 0 Å². The topological polar surface area (TPSA) is 68.3 Å². The maximum Gasteiger partial charge on any atom is -1.00 e. The van der Waals surface area contributed by atoms with E-state index in [4.69, 9.17) is 0 Å². The van der Waals surface area contributed by atoms with Crippen molar-refractivity contribution in [3.8, 4) is 0 Å². The largest absolute Gasteiger partial charge is 1.00 e. The summed E-state index contributed by atoms with van der Waals surface area (Å²) >= 11 is -0.800. The van der Waals surface area contributed by atoms with Crippen molar-refractivity contribution >= 4 is 15.4 Å². The van der Waals surface area contributed by atoms with Crippen LogP contribution in [0.25, 0.3) is 0 Å². The fraction of sp³-hybridized carbons (Fsp3) is 0.429. The molecule has 0 unspecified atom stereocenters. The van der Waals surface area contributed by atoms with Crippen molar-refractivity contribution < 1.29 is 66.3 Å². The summed E-state index contributed by atoms with van der Waals surface area (Å²) in [6, 6.07) is 0. The number of hydrogen-bond acceptors (Lipinski definition) is 4. The molecule has 0 aliphatic carbocycles. The molecular formula is C14H20Cl2O4P2Zr. The molecule has 128 valence electrons. The van der Waals surface area contributed by atoms with Gasteiger partial charge in [-0.3, -0.25) is 0 Å². The Balaban J connectivity index is -0.00000200. The molecule has 0 aromatic heterocycles. The number of halogens is 2. The number of hydrogen-bond donors (Lipinski definition) is 0. The fourth-order valence-electron chi connectivity index (χ4n) is 1.32. The predicted octanol–water partition coefficient (Wildman–Crippen LogP) is -0.877. The molecule has 0 saturated carbocycles. The predicted molar refractivity (Wildman–Crippen MR) is 81.3 cm³/mol. The van der Waals surface area contributed by atoms with Crippen LogP contribution in [-0.4, -0.2) is 12.3 Å². The molecule has 0 N–H and O–H groups in total. The molecule has 0 bridgehead atoms. The van der Waals surface area contributed by atoms with Gasteiger partial charge in [0, 0.05) is 0 Å². The minimum absolute atomic E-state index is 0. The molecule has 0 fully saturated rings. The Morgan fingerprint density at radius 3 is 1.30 bits per heavy atom. The Morgan fingerprint density at radius 1 is 0.739 bits per heavy atom. The SMILES string of the molecule is CC(C=[CH][Zr+2][CH]=CC(C)=C(C)CP(=O)=O)=C(C)CP(=O)=O.[Cl-].[Cl-]. The zero-order chi connectivity index (χ0) is 16.4. The maximum atomic E-state index is 10.6. The Labute approximate surface area is 163 Å². The molecule has 0 aromatic rings. The average Bonchev–Trinajstić information content (AvgIpc) is 2.36. The Morgan fingerprint density at radius 2 is 1.04 bits per heavy atom. The molecule has 0 rings (SSSR count). The second-order valence-electron chi connectivity index (χ2n) is 4.74. The fourth-order valence-corrected chi connectivity index (χ4v) is 4.57. The van der Waals surface area contributed by atoms with Gasteiger partial charge in [-0.05, 0) is 0 Å². The summed E-state index contributed by atoms with van der Waals surface area (Å²) < 4.78 is 46.8. The minimum atomic E-state index is -2.36. The van der Waals surface area contributed by atoms with Gasteiger partial charge in [0.15, 0.2) is 0 Å². The Bertz CT molecular complexity index is 561. The van der Waals surface area contributed by atoms with Gasteiger partial charge in [0.1, 0.15) is 0 Å². The molecule has 0 saturated heterocycles.